The standard InChI is InChI=1S/C31H25N3O6/c1-21-10-8-9-15-26(21)29(36)32-20-28(35)34-33-19-24-16-17-25(39-30(37)22-11-4-2-5-12-22)18-27(24)40-31(38)23-13-6-3-7-14-23/h2-19H,20H2,1H3,(H,32,36)(H,34,35)/b33-19-. The van der Waals surface area contributed by atoms with E-state index in [1.165, 1.54) is 24.4 Å². The van der Waals surface area contributed by atoms with Gasteiger partial charge in [0.15, 0.2) is 0 Å². The highest BCUT2D eigenvalue weighted by atomic mass is 16.5. The molecular formula is C31H25N3O6. The van der Waals surface area contributed by atoms with Gasteiger partial charge in [0.05, 0.1) is 23.9 Å². The molecule has 4 aromatic carbocycles. The Morgan fingerprint density at radius 3 is 2.00 bits per heavy atom. The number of aryl methyl sites for hydroxylation is 1. The highest BCUT2D eigenvalue weighted by molar-refractivity contribution is 5.98. The van der Waals surface area contributed by atoms with Crippen LogP contribution >= 0.6 is 0 Å². The summed E-state index contributed by atoms with van der Waals surface area (Å²) in [4.78, 5) is 49.7. The predicted octanol–water partition coefficient (Wildman–Crippen LogP) is 4.31. The fourth-order valence-corrected chi connectivity index (χ4v) is 3.54. The van der Waals surface area contributed by atoms with E-state index < -0.39 is 17.8 Å². The number of nitrogens with zero attached hydrogens (tertiary/aromatic N) is 1. The highest BCUT2D eigenvalue weighted by Crippen LogP contribution is 2.26. The molecule has 4 rings (SSSR count). The zero-order valence-electron chi connectivity index (χ0n) is 21.5. The van der Waals surface area contributed by atoms with E-state index in [1.807, 2.05) is 6.07 Å². The molecule has 9 heteroatoms. The summed E-state index contributed by atoms with van der Waals surface area (Å²) in [6.45, 7) is 1.50. The number of hydrogen-bond acceptors (Lipinski definition) is 7. The van der Waals surface area contributed by atoms with E-state index >= 15 is 0 Å². The molecule has 9 nitrogen and oxygen atoms in total. The summed E-state index contributed by atoms with van der Waals surface area (Å²) >= 11 is 0. The molecule has 2 amide bonds. The lowest BCUT2D eigenvalue weighted by atomic mass is 10.1. The highest BCUT2D eigenvalue weighted by Gasteiger charge is 2.15. The van der Waals surface area contributed by atoms with Crippen LogP contribution in [0.4, 0.5) is 0 Å². The van der Waals surface area contributed by atoms with Crippen molar-refractivity contribution in [2.75, 3.05) is 6.54 Å². The molecule has 0 unspecified atom stereocenters. The molecule has 0 aliphatic carbocycles. The third-order valence-corrected chi connectivity index (χ3v) is 5.61. The van der Waals surface area contributed by atoms with Gasteiger partial charge in [0.1, 0.15) is 11.5 Å². The summed E-state index contributed by atoms with van der Waals surface area (Å²) in [6, 6.07) is 28.2. The first-order valence-electron chi connectivity index (χ1n) is 12.2. The second-order valence-electron chi connectivity index (χ2n) is 8.50. The quantitative estimate of drug-likeness (QED) is 0.142. The lowest BCUT2D eigenvalue weighted by molar-refractivity contribution is -0.120. The topological polar surface area (TPSA) is 123 Å². The van der Waals surface area contributed by atoms with E-state index in [1.54, 1.807) is 85.8 Å². The van der Waals surface area contributed by atoms with Crippen LogP contribution in [-0.2, 0) is 4.79 Å². The SMILES string of the molecule is Cc1ccccc1C(=O)NCC(=O)N/N=C\c1ccc(OC(=O)c2ccccc2)cc1OC(=O)c1ccccc1. The van der Waals surface area contributed by atoms with E-state index in [4.69, 9.17) is 9.47 Å². The third kappa shape index (κ3) is 7.48. The molecule has 0 saturated heterocycles. The van der Waals surface area contributed by atoms with Gasteiger partial charge in [-0.25, -0.2) is 15.0 Å². The second kappa shape index (κ2) is 13.3. The molecule has 0 aliphatic rings. The molecule has 2 N–H and O–H groups in total. The third-order valence-electron chi connectivity index (χ3n) is 5.61. The van der Waals surface area contributed by atoms with Crippen molar-refractivity contribution >= 4 is 30.0 Å². The number of carbonyl (C=O) groups is 4. The molecule has 40 heavy (non-hydrogen) atoms. The van der Waals surface area contributed by atoms with Crippen molar-refractivity contribution in [3.63, 3.8) is 0 Å². The van der Waals surface area contributed by atoms with Crippen LogP contribution in [0.5, 0.6) is 11.5 Å². The number of amides is 2. The first-order chi connectivity index (χ1) is 19.4. The summed E-state index contributed by atoms with van der Waals surface area (Å²) < 4.78 is 11.0. The molecule has 0 bridgehead atoms. The Hall–Kier alpha value is -5.57. The molecular weight excluding hydrogens is 510 g/mol. The van der Waals surface area contributed by atoms with Gasteiger partial charge in [0.2, 0.25) is 0 Å². The van der Waals surface area contributed by atoms with E-state index in [9.17, 15) is 19.2 Å². The van der Waals surface area contributed by atoms with Crippen LogP contribution < -0.4 is 20.2 Å². The van der Waals surface area contributed by atoms with E-state index in [-0.39, 0.29) is 24.0 Å². The number of ether oxygens (including phenoxy) is 2. The number of hydrazone groups is 1. The number of rotatable bonds is 9. The van der Waals surface area contributed by atoms with Gasteiger partial charge in [0.25, 0.3) is 11.8 Å². The van der Waals surface area contributed by atoms with Crippen LogP contribution in [0.3, 0.4) is 0 Å². The summed E-state index contributed by atoms with van der Waals surface area (Å²) in [7, 11) is 0. The van der Waals surface area contributed by atoms with E-state index in [0.717, 1.165) is 5.56 Å². The summed E-state index contributed by atoms with van der Waals surface area (Å²) in [5.74, 6) is -1.96. The number of benzene rings is 4. The van der Waals surface area contributed by atoms with Crippen molar-refractivity contribution in [2.24, 2.45) is 5.10 Å². The summed E-state index contributed by atoms with van der Waals surface area (Å²) in [5.41, 5.74) is 4.57. The van der Waals surface area contributed by atoms with Crippen molar-refractivity contribution in [3.05, 3.63) is 131 Å². The monoisotopic (exact) mass is 535 g/mol. The van der Waals surface area contributed by atoms with E-state index in [0.29, 0.717) is 22.3 Å². The summed E-state index contributed by atoms with van der Waals surface area (Å²) in [6.07, 6.45) is 1.28. The lowest BCUT2D eigenvalue weighted by Crippen LogP contribution is -2.35. The van der Waals surface area contributed by atoms with Crippen LogP contribution in [0.1, 0.15) is 42.2 Å². The number of esters is 2. The van der Waals surface area contributed by atoms with E-state index in [2.05, 4.69) is 15.8 Å². The maximum atomic E-state index is 12.7. The molecule has 200 valence electrons. The minimum absolute atomic E-state index is 0.0538. The largest absolute Gasteiger partial charge is 0.423 e. The molecule has 0 aliphatic heterocycles. The van der Waals surface area contributed by atoms with Crippen molar-refractivity contribution < 1.29 is 28.7 Å². The zero-order chi connectivity index (χ0) is 28.3. The molecule has 0 radical (unpaired) electrons. The van der Waals surface area contributed by atoms with Crippen molar-refractivity contribution in [2.45, 2.75) is 6.92 Å². The molecule has 0 heterocycles. The van der Waals surface area contributed by atoms with Gasteiger partial charge in [-0.1, -0.05) is 54.6 Å². The van der Waals surface area contributed by atoms with Gasteiger partial charge >= 0.3 is 11.9 Å². The maximum Gasteiger partial charge on any atom is 0.343 e. The van der Waals surface area contributed by atoms with Crippen LogP contribution in [0, 0.1) is 6.92 Å². The molecule has 0 fully saturated rings. The number of carbonyl (C=O) groups excluding carboxylic acids is 4. The van der Waals surface area contributed by atoms with Gasteiger partial charge in [0, 0.05) is 17.2 Å². The zero-order valence-corrected chi connectivity index (χ0v) is 21.5. The van der Waals surface area contributed by atoms with Crippen molar-refractivity contribution in [1.82, 2.24) is 10.7 Å². The van der Waals surface area contributed by atoms with Crippen LogP contribution in [-0.4, -0.2) is 36.5 Å². The average molecular weight is 536 g/mol. The Bertz CT molecular complexity index is 1550. The molecule has 4 aromatic rings. The predicted molar refractivity (Wildman–Crippen MR) is 148 cm³/mol. The minimum Gasteiger partial charge on any atom is -0.423 e. The fraction of sp³-hybridized carbons (Fsp3) is 0.0645. The molecule has 0 aromatic heterocycles. The fourth-order valence-electron chi connectivity index (χ4n) is 3.54. The number of nitrogens with one attached hydrogen (secondary N) is 2. The maximum absolute atomic E-state index is 12.7. The molecule has 0 saturated carbocycles. The minimum atomic E-state index is -0.635. The Balaban J connectivity index is 1.45. The second-order valence-corrected chi connectivity index (χ2v) is 8.50. The molecule has 0 spiro atoms. The van der Waals surface area contributed by atoms with Gasteiger partial charge in [-0.05, 0) is 55.0 Å². The normalized spacial score (nSPS) is 10.5. The van der Waals surface area contributed by atoms with Crippen LogP contribution in [0.2, 0.25) is 0 Å². The van der Waals surface area contributed by atoms with Gasteiger partial charge in [-0.15, -0.1) is 0 Å². The van der Waals surface area contributed by atoms with Crippen molar-refractivity contribution in [1.29, 1.82) is 0 Å². The van der Waals surface area contributed by atoms with Crippen LogP contribution in [0.15, 0.2) is 108 Å². The molecule has 0 atom stereocenters. The summed E-state index contributed by atoms with van der Waals surface area (Å²) in [5, 5.41) is 6.45. The smallest absolute Gasteiger partial charge is 0.343 e. The lowest BCUT2D eigenvalue weighted by Gasteiger charge is -2.11. The first-order valence-corrected chi connectivity index (χ1v) is 12.2. The Morgan fingerprint density at radius 1 is 0.750 bits per heavy atom. The van der Waals surface area contributed by atoms with Gasteiger partial charge < -0.3 is 14.8 Å². The van der Waals surface area contributed by atoms with Gasteiger partial charge in [-0.3, -0.25) is 9.59 Å². The van der Waals surface area contributed by atoms with Crippen LogP contribution in [0.25, 0.3) is 0 Å². The van der Waals surface area contributed by atoms with Gasteiger partial charge in [-0.2, -0.15) is 5.10 Å². The Kier molecular flexibility index (Phi) is 9.13. The Labute approximate surface area is 230 Å². The number of hydrogen-bond donors (Lipinski definition) is 2. The Morgan fingerprint density at radius 2 is 1.35 bits per heavy atom. The average Bonchev–Trinajstić information content (AvgIpc) is 2.98. The first kappa shape index (κ1) is 27.5. The van der Waals surface area contributed by atoms with Crippen molar-refractivity contribution in [3.8, 4) is 11.5 Å².